The molecule has 0 aliphatic heterocycles. The molecule has 0 radical (unpaired) electrons. The molecule has 0 aromatic heterocycles. The molecule has 0 fully saturated rings. The molecular weight excluding hydrogens is 283 g/mol. The van der Waals surface area contributed by atoms with Gasteiger partial charge in [0.1, 0.15) is 5.76 Å². The lowest BCUT2D eigenvalue weighted by atomic mass is 9.79. The van der Waals surface area contributed by atoms with Crippen molar-refractivity contribution in [2.75, 3.05) is 0 Å². The predicted octanol–water partition coefficient (Wildman–Crippen LogP) is 3.59. The zero-order valence-electron chi connectivity index (χ0n) is 12.7. The van der Waals surface area contributed by atoms with Crippen molar-refractivity contribution in [3.8, 4) is 0 Å². The van der Waals surface area contributed by atoms with E-state index >= 15 is 0 Å². The van der Waals surface area contributed by atoms with Crippen molar-refractivity contribution in [3.05, 3.63) is 102 Å². The van der Waals surface area contributed by atoms with Gasteiger partial charge in [-0.15, -0.1) is 0 Å². The van der Waals surface area contributed by atoms with E-state index in [9.17, 15) is 5.02 Å². The zero-order valence-corrected chi connectivity index (χ0v) is 12.7. The minimum absolute atomic E-state index is 0.633. The summed E-state index contributed by atoms with van der Waals surface area (Å²) in [5, 5.41) is 10.4. The molecule has 1 N–H and O–H groups in total. The average Bonchev–Trinajstić information content (AvgIpc) is 2.63. The van der Waals surface area contributed by atoms with Gasteiger partial charge in [0, 0.05) is 5.56 Å². The van der Waals surface area contributed by atoms with Crippen LogP contribution in [0.15, 0.2) is 91.0 Å². The molecule has 0 heterocycles. The number of hydrogen-bond acceptors (Lipinski definition) is 2. The van der Waals surface area contributed by atoms with Crippen molar-refractivity contribution in [2.24, 2.45) is 0 Å². The van der Waals surface area contributed by atoms with Crippen LogP contribution in [0.1, 0.15) is 11.1 Å². The Balaban J connectivity index is 1.91. The molecule has 0 spiro atoms. The van der Waals surface area contributed by atoms with Gasteiger partial charge in [-0.1, -0.05) is 91.0 Å². The number of rotatable bonds is 5. The molecule has 0 atom stereocenters. The van der Waals surface area contributed by atoms with Crippen LogP contribution in [0.3, 0.4) is 0 Å². The van der Waals surface area contributed by atoms with E-state index in [1.54, 1.807) is 0 Å². The second-order valence-electron chi connectivity index (χ2n) is 5.17. The molecule has 0 bridgehead atoms. The molecular formula is C20H17BO2. The Hall–Kier alpha value is -2.78. The predicted molar refractivity (Wildman–Crippen MR) is 95.9 cm³/mol. The van der Waals surface area contributed by atoms with Gasteiger partial charge in [0.25, 0.3) is 0 Å². The summed E-state index contributed by atoms with van der Waals surface area (Å²) >= 11 is 0. The SMILES string of the molecule is OB(O/C(=C/c1ccccc1)c1ccccc1)c1ccccc1. The van der Waals surface area contributed by atoms with E-state index in [4.69, 9.17) is 4.65 Å². The molecule has 0 amide bonds. The fourth-order valence-corrected chi connectivity index (χ4v) is 2.29. The Kier molecular flexibility index (Phi) is 4.92. The van der Waals surface area contributed by atoms with E-state index < -0.39 is 7.12 Å². The van der Waals surface area contributed by atoms with Crippen LogP contribution >= 0.6 is 0 Å². The van der Waals surface area contributed by atoms with E-state index in [0.29, 0.717) is 5.76 Å². The Morgan fingerprint density at radius 2 is 1.26 bits per heavy atom. The molecule has 2 nitrogen and oxygen atoms in total. The van der Waals surface area contributed by atoms with Crippen LogP contribution < -0.4 is 5.46 Å². The van der Waals surface area contributed by atoms with Gasteiger partial charge in [-0.25, -0.2) is 0 Å². The second kappa shape index (κ2) is 7.48. The quantitative estimate of drug-likeness (QED) is 0.443. The number of benzene rings is 3. The van der Waals surface area contributed by atoms with Crippen molar-refractivity contribution >= 4 is 24.4 Å². The summed E-state index contributed by atoms with van der Waals surface area (Å²) in [7, 11) is -1.01. The topological polar surface area (TPSA) is 29.5 Å². The van der Waals surface area contributed by atoms with Gasteiger partial charge < -0.3 is 9.68 Å². The van der Waals surface area contributed by atoms with Gasteiger partial charge in [-0.3, -0.25) is 0 Å². The molecule has 0 saturated heterocycles. The summed E-state index contributed by atoms with van der Waals surface area (Å²) in [6, 6.07) is 29.1. The van der Waals surface area contributed by atoms with Crippen LogP contribution in [0.5, 0.6) is 0 Å². The largest absolute Gasteiger partial charge is 0.560 e. The minimum Gasteiger partial charge on any atom is -0.532 e. The molecule has 3 aromatic carbocycles. The van der Waals surface area contributed by atoms with Crippen LogP contribution in [0.25, 0.3) is 11.8 Å². The van der Waals surface area contributed by atoms with Gasteiger partial charge in [-0.2, -0.15) is 0 Å². The highest BCUT2D eigenvalue weighted by Crippen LogP contribution is 2.20. The summed E-state index contributed by atoms with van der Waals surface area (Å²) in [6.07, 6.45) is 1.93. The van der Waals surface area contributed by atoms with E-state index in [2.05, 4.69) is 0 Å². The molecule has 0 aliphatic rings. The first kappa shape index (κ1) is 15.1. The highest BCUT2D eigenvalue weighted by molar-refractivity contribution is 6.60. The Morgan fingerprint density at radius 3 is 1.87 bits per heavy atom. The van der Waals surface area contributed by atoms with Crippen molar-refractivity contribution in [1.29, 1.82) is 0 Å². The van der Waals surface area contributed by atoms with E-state index in [0.717, 1.165) is 16.6 Å². The monoisotopic (exact) mass is 300 g/mol. The van der Waals surface area contributed by atoms with Gasteiger partial charge in [0.15, 0.2) is 0 Å². The maximum atomic E-state index is 10.4. The zero-order chi connectivity index (χ0) is 15.9. The lowest BCUT2D eigenvalue weighted by molar-refractivity contribution is 0.409. The molecule has 112 valence electrons. The summed E-state index contributed by atoms with van der Waals surface area (Å²) in [5.74, 6) is 0.633. The van der Waals surface area contributed by atoms with Crippen molar-refractivity contribution in [2.45, 2.75) is 0 Å². The maximum absolute atomic E-state index is 10.4. The smallest absolute Gasteiger partial charge is 0.532 e. The average molecular weight is 300 g/mol. The number of hydrogen-bond donors (Lipinski definition) is 1. The highest BCUT2D eigenvalue weighted by Gasteiger charge is 2.20. The lowest BCUT2D eigenvalue weighted by Gasteiger charge is -2.14. The third-order valence-corrected chi connectivity index (χ3v) is 3.48. The van der Waals surface area contributed by atoms with Crippen LogP contribution in [0.4, 0.5) is 0 Å². The third kappa shape index (κ3) is 4.12. The van der Waals surface area contributed by atoms with Crippen LogP contribution in [0, 0.1) is 0 Å². The summed E-state index contributed by atoms with van der Waals surface area (Å²) < 4.78 is 5.84. The lowest BCUT2D eigenvalue weighted by Crippen LogP contribution is -2.32. The Morgan fingerprint density at radius 1 is 0.739 bits per heavy atom. The molecule has 0 aliphatic carbocycles. The molecule has 0 saturated carbocycles. The Labute approximate surface area is 136 Å². The normalized spacial score (nSPS) is 11.1. The molecule has 3 heteroatoms. The maximum Gasteiger partial charge on any atom is 0.560 e. The third-order valence-electron chi connectivity index (χ3n) is 3.48. The van der Waals surface area contributed by atoms with Gasteiger partial charge in [0.2, 0.25) is 0 Å². The summed E-state index contributed by atoms with van der Waals surface area (Å²) in [5.41, 5.74) is 2.67. The van der Waals surface area contributed by atoms with Crippen LogP contribution in [0.2, 0.25) is 0 Å². The molecule has 0 unspecified atom stereocenters. The van der Waals surface area contributed by atoms with E-state index in [1.807, 2.05) is 97.1 Å². The first-order valence-corrected chi connectivity index (χ1v) is 7.55. The fraction of sp³-hybridized carbons (Fsp3) is 0. The minimum atomic E-state index is -1.01. The first-order valence-electron chi connectivity index (χ1n) is 7.55. The van der Waals surface area contributed by atoms with Gasteiger partial charge in [0.05, 0.1) is 0 Å². The standard InChI is InChI=1S/C20H17BO2/c22-21(19-14-8-3-9-15-19)23-20(18-12-6-2-7-13-18)16-17-10-4-1-5-11-17/h1-16,22H/b20-16+. The van der Waals surface area contributed by atoms with Crippen molar-refractivity contribution < 1.29 is 9.68 Å². The molecule has 3 aromatic rings. The second-order valence-corrected chi connectivity index (χ2v) is 5.17. The molecule has 3 rings (SSSR count). The van der Waals surface area contributed by atoms with Gasteiger partial charge >= 0.3 is 7.12 Å². The highest BCUT2D eigenvalue weighted by atomic mass is 16.5. The Bertz CT molecular complexity index is 755. The first-order chi connectivity index (χ1) is 11.3. The summed E-state index contributed by atoms with van der Waals surface area (Å²) in [6.45, 7) is 0. The molecule has 23 heavy (non-hydrogen) atoms. The summed E-state index contributed by atoms with van der Waals surface area (Å²) in [4.78, 5) is 0. The van der Waals surface area contributed by atoms with Crippen LogP contribution in [-0.4, -0.2) is 12.1 Å². The van der Waals surface area contributed by atoms with Gasteiger partial charge in [-0.05, 0) is 17.1 Å². The fourth-order valence-electron chi connectivity index (χ4n) is 2.29. The van der Waals surface area contributed by atoms with Crippen LogP contribution in [-0.2, 0) is 4.65 Å². The van der Waals surface area contributed by atoms with Crippen molar-refractivity contribution in [1.82, 2.24) is 0 Å². The van der Waals surface area contributed by atoms with E-state index in [1.165, 1.54) is 0 Å². The van der Waals surface area contributed by atoms with E-state index in [-0.39, 0.29) is 0 Å². The van der Waals surface area contributed by atoms with Crippen molar-refractivity contribution in [3.63, 3.8) is 0 Å².